The molecule has 3 rings (SSSR count). The number of rotatable bonds is 4. The third kappa shape index (κ3) is 4.49. The summed E-state index contributed by atoms with van der Waals surface area (Å²) in [6.45, 7) is 9.50. The average Bonchev–Trinajstić information content (AvgIpc) is 2.95. The van der Waals surface area contributed by atoms with Gasteiger partial charge >= 0.3 is 0 Å². The van der Waals surface area contributed by atoms with Gasteiger partial charge in [-0.1, -0.05) is 20.8 Å². The molecule has 7 nitrogen and oxygen atoms in total. The van der Waals surface area contributed by atoms with Crippen LogP contribution in [0, 0.1) is 19.3 Å². The number of hydrogen-bond donors (Lipinski definition) is 1. The Balaban J connectivity index is 1.67. The van der Waals surface area contributed by atoms with Crippen LogP contribution in [0.3, 0.4) is 0 Å². The van der Waals surface area contributed by atoms with Crippen molar-refractivity contribution < 1.29 is 9.53 Å². The zero-order chi connectivity index (χ0) is 19.6. The standard InChI is InChI=1S/C20H23N5O2/c1-13-12-14(2)25(24-13)17-10-11-18(23-22-17)27-16-8-6-15(7-9-16)21-19(26)20(3,4)5/h6-12H,1-5H3,(H,21,26). The van der Waals surface area contributed by atoms with E-state index in [4.69, 9.17) is 4.74 Å². The number of aromatic nitrogens is 4. The quantitative estimate of drug-likeness (QED) is 0.754. The summed E-state index contributed by atoms with van der Waals surface area (Å²) >= 11 is 0. The van der Waals surface area contributed by atoms with E-state index in [9.17, 15) is 4.79 Å². The third-order valence-electron chi connectivity index (χ3n) is 3.87. The topological polar surface area (TPSA) is 81.9 Å². The Labute approximate surface area is 158 Å². The molecule has 0 fully saturated rings. The number of nitrogens with zero attached hydrogens (tertiary/aromatic N) is 4. The van der Waals surface area contributed by atoms with Gasteiger partial charge in [0.2, 0.25) is 11.8 Å². The highest BCUT2D eigenvalue weighted by Gasteiger charge is 2.21. The number of carbonyl (C=O) groups excluding carboxylic acids is 1. The second kappa shape index (κ2) is 7.19. The fourth-order valence-electron chi connectivity index (χ4n) is 2.39. The lowest BCUT2D eigenvalue weighted by molar-refractivity contribution is -0.123. The molecular weight excluding hydrogens is 342 g/mol. The lowest BCUT2D eigenvalue weighted by Crippen LogP contribution is -2.27. The molecule has 0 saturated heterocycles. The average molecular weight is 365 g/mol. The molecule has 0 bridgehead atoms. The lowest BCUT2D eigenvalue weighted by Gasteiger charge is -2.17. The summed E-state index contributed by atoms with van der Waals surface area (Å²) in [7, 11) is 0. The molecule has 27 heavy (non-hydrogen) atoms. The van der Waals surface area contributed by atoms with E-state index < -0.39 is 5.41 Å². The molecule has 0 saturated carbocycles. The minimum atomic E-state index is -0.446. The highest BCUT2D eigenvalue weighted by Crippen LogP contribution is 2.23. The van der Waals surface area contributed by atoms with Crippen LogP contribution in [0.25, 0.3) is 5.82 Å². The van der Waals surface area contributed by atoms with E-state index in [1.54, 1.807) is 41.1 Å². The summed E-state index contributed by atoms with van der Waals surface area (Å²) in [5.41, 5.74) is 2.18. The SMILES string of the molecule is Cc1cc(C)n(-c2ccc(Oc3ccc(NC(=O)C(C)(C)C)cc3)nn2)n1. The van der Waals surface area contributed by atoms with E-state index in [1.807, 2.05) is 40.7 Å². The van der Waals surface area contributed by atoms with E-state index in [-0.39, 0.29) is 5.91 Å². The normalized spacial score (nSPS) is 11.3. The van der Waals surface area contributed by atoms with Crippen LogP contribution in [-0.4, -0.2) is 25.9 Å². The van der Waals surface area contributed by atoms with Crippen molar-refractivity contribution in [2.45, 2.75) is 34.6 Å². The molecule has 1 N–H and O–H groups in total. The summed E-state index contributed by atoms with van der Waals surface area (Å²) in [5, 5.41) is 15.5. The third-order valence-corrected chi connectivity index (χ3v) is 3.87. The fourth-order valence-corrected chi connectivity index (χ4v) is 2.39. The first-order valence-electron chi connectivity index (χ1n) is 8.69. The van der Waals surface area contributed by atoms with Crippen molar-refractivity contribution in [3.63, 3.8) is 0 Å². The summed E-state index contributed by atoms with van der Waals surface area (Å²) in [4.78, 5) is 12.0. The van der Waals surface area contributed by atoms with Gasteiger partial charge in [-0.25, -0.2) is 4.68 Å². The molecule has 3 aromatic rings. The molecular formula is C20H23N5O2. The predicted octanol–water partition coefficient (Wildman–Crippen LogP) is 4.06. The minimum Gasteiger partial charge on any atom is -0.438 e. The summed E-state index contributed by atoms with van der Waals surface area (Å²) in [6.07, 6.45) is 0. The monoisotopic (exact) mass is 365 g/mol. The van der Waals surface area contributed by atoms with E-state index in [2.05, 4.69) is 20.6 Å². The number of anilines is 1. The van der Waals surface area contributed by atoms with Crippen LogP contribution in [0.5, 0.6) is 11.6 Å². The Bertz CT molecular complexity index is 938. The van der Waals surface area contributed by atoms with Gasteiger partial charge in [0.05, 0.1) is 5.69 Å². The van der Waals surface area contributed by atoms with Crippen LogP contribution >= 0.6 is 0 Å². The van der Waals surface area contributed by atoms with Crippen molar-refractivity contribution >= 4 is 11.6 Å². The second-order valence-electron chi connectivity index (χ2n) is 7.40. The van der Waals surface area contributed by atoms with Crippen LogP contribution in [0.2, 0.25) is 0 Å². The molecule has 2 aromatic heterocycles. The van der Waals surface area contributed by atoms with Crippen molar-refractivity contribution in [1.29, 1.82) is 0 Å². The first-order valence-corrected chi connectivity index (χ1v) is 8.69. The second-order valence-corrected chi connectivity index (χ2v) is 7.40. The Morgan fingerprint density at radius 1 is 1.04 bits per heavy atom. The lowest BCUT2D eigenvalue weighted by atomic mass is 9.95. The number of aryl methyl sites for hydroxylation is 2. The van der Waals surface area contributed by atoms with E-state index in [0.29, 0.717) is 23.1 Å². The highest BCUT2D eigenvalue weighted by molar-refractivity contribution is 5.94. The smallest absolute Gasteiger partial charge is 0.238 e. The maximum atomic E-state index is 12.0. The number of amides is 1. The van der Waals surface area contributed by atoms with Crippen molar-refractivity contribution in [2.24, 2.45) is 5.41 Å². The van der Waals surface area contributed by atoms with Gasteiger partial charge < -0.3 is 10.1 Å². The Kier molecular flexibility index (Phi) is 4.94. The molecule has 0 unspecified atom stereocenters. The highest BCUT2D eigenvalue weighted by atomic mass is 16.5. The van der Waals surface area contributed by atoms with Crippen LogP contribution < -0.4 is 10.1 Å². The van der Waals surface area contributed by atoms with E-state index in [1.165, 1.54) is 0 Å². The molecule has 0 radical (unpaired) electrons. The van der Waals surface area contributed by atoms with Crippen LogP contribution in [0.15, 0.2) is 42.5 Å². The maximum absolute atomic E-state index is 12.0. The van der Waals surface area contributed by atoms with Gasteiger partial charge in [0, 0.05) is 22.9 Å². The van der Waals surface area contributed by atoms with Crippen molar-refractivity contribution in [2.75, 3.05) is 5.32 Å². The molecule has 0 atom stereocenters. The summed E-state index contributed by atoms with van der Waals surface area (Å²) in [5.74, 6) is 1.58. The Morgan fingerprint density at radius 2 is 1.74 bits per heavy atom. The summed E-state index contributed by atoms with van der Waals surface area (Å²) < 4.78 is 7.45. The Morgan fingerprint density at radius 3 is 2.26 bits per heavy atom. The number of benzene rings is 1. The molecule has 2 heterocycles. The largest absolute Gasteiger partial charge is 0.438 e. The van der Waals surface area contributed by atoms with Gasteiger partial charge in [0.25, 0.3) is 0 Å². The minimum absolute atomic E-state index is 0.0400. The zero-order valence-electron chi connectivity index (χ0n) is 16.1. The van der Waals surface area contributed by atoms with Crippen LogP contribution in [0.4, 0.5) is 5.69 Å². The molecule has 0 aliphatic heterocycles. The van der Waals surface area contributed by atoms with Gasteiger partial charge in [-0.05, 0) is 50.2 Å². The predicted molar refractivity (Wildman–Crippen MR) is 103 cm³/mol. The van der Waals surface area contributed by atoms with Gasteiger partial charge in [-0.15, -0.1) is 10.2 Å². The molecule has 1 aromatic carbocycles. The van der Waals surface area contributed by atoms with Gasteiger partial charge in [0.15, 0.2) is 5.82 Å². The number of ether oxygens (including phenoxy) is 1. The van der Waals surface area contributed by atoms with Crippen LogP contribution in [0.1, 0.15) is 32.2 Å². The van der Waals surface area contributed by atoms with E-state index >= 15 is 0 Å². The zero-order valence-corrected chi connectivity index (χ0v) is 16.1. The van der Waals surface area contributed by atoms with Crippen molar-refractivity contribution in [3.8, 4) is 17.4 Å². The molecule has 0 spiro atoms. The molecule has 7 heteroatoms. The molecule has 140 valence electrons. The van der Waals surface area contributed by atoms with E-state index in [0.717, 1.165) is 11.4 Å². The van der Waals surface area contributed by atoms with Gasteiger partial charge in [0.1, 0.15) is 5.75 Å². The van der Waals surface area contributed by atoms with Crippen molar-refractivity contribution in [3.05, 3.63) is 53.9 Å². The first-order chi connectivity index (χ1) is 12.7. The molecule has 0 aliphatic carbocycles. The number of hydrogen-bond acceptors (Lipinski definition) is 5. The first kappa shape index (κ1) is 18.6. The fraction of sp³-hybridized carbons (Fsp3) is 0.300. The molecule has 0 aliphatic rings. The van der Waals surface area contributed by atoms with Gasteiger partial charge in [-0.2, -0.15) is 5.10 Å². The van der Waals surface area contributed by atoms with Gasteiger partial charge in [-0.3, -0.25) is 4.79 Å². The number of nitrogens with one attached hydrogen (secondary N) is 1. The Hall–Kier alpha value is -3.22. The maximum Gasteiger partial charge on any atom is 0.238 e. The summed E-state index contributed by atoms with van der Waals surface area (Å²) in [6, 6.07) is 12.6. The van der Waals surface area contributed by atoms with Crippen molar-refractivity contribution in [1.82, 2.24) is 20.0 Å². The molecule has 1 amide bonds. The van der Waals surface area contributed by atoms with Crippen LogP contribution in [-0.2, 0) is 4.79 Å². The number of carbonyl (C=O) groups is 1.